The molecule has 2 atom stereocenters. The summed E-state index contributed by atoms with van der Waals surface area (Å²) in [6, 6.07) is 15.2. The molecule has 2 aromatic heterocycles. The number of carbonyl (C=O) groups excluding carboxylic acids is 1. The molecule has 2 unspecified atom stereocenters. The highest BCUT2D eigenvalue weighted by atomic mass is 28.3. The van der Waals surface area contributed by atoms with Crippen LogP contribution in [0.15, 0.2) is 64.6 Å². The van der Waals surface area contributed by atoms with Gasteiger partial charge in [-0.3, -0.25) is 4.79 Å². The van der Waals surface area contributed by atoms with E-state index >= 15 is 0 Å². The summed E-state index contributed by atoms with van der Waals surface area (Å²) in [6.07, 6.45) is 5.13. The van der Waals surface area contributed by atoms with Crippen molar-refractivity contribution in [1.29, 1.82) is 0 Å². The third-order valence-corrected chi connectivity index (χ3v) is 12.4. The lowest BCUT2D eigenvalue weighted by atomic mass is 9.77. The summed E-state index contributed by atoms with van der Waals surface area (Å²) in [7, 11) is -1.73. The van der Waals surface area contributed by atoms with Crippen molar-refractivity contribution in [2.24, 2.45) is 0 Å². The van der Waals surface area contributed by atoms with Gasteiger partial charge < -0.3 is 24.1 Å². The molecular formula is C32H37N3O5Si. The Morgan fingerprint density at radius 1 is 1.12 bits per heavy atom. The molecule has 41 heavy (non-hydrogen) atoms. The second-order valence-corrected chi connectivity index (χ2v) is 17.6. The van der Waals surface area contributed by atoms with Gasteiger partial charge in [0.25, 0.3) is 0 Å². The van der Waals surface area contributed by atoms with Gasteiger partial charge in [0, 0.05) is 38.9 Å². The molecule has 3 aromatic rings. The van der Waals surface area contributed by atoms with Gasteiger partial charge in [0.2, 0.25) is 5.56 Å². The van der Waals surface area contributed by atoms with E-state index in [0.29, 0.717) is 48.1 Å². The van der Waals surface area contributed by atoms with E-state index in [1.165, 1.54) is 0 Å². The molecule has 1 aromatic carbocycles. The van der Waals surface area contributed by atoms with Crippen molar-refractivity contribution in [3.05, 3.63) is 97.8 Å². The molecule has 9 heteroatoms. The third-order valence-electron chi connectivity index (χ3n) is 9.04. The van der Waals surface area contributed by atoms with Crippen LogP contribution in [0.25, 0.3) is 11.8 Å². The predicted octanol–water partition coefficient (Wildman–Crippen LogP) is 3.01. The van der Waals surface area contributed by atoms with Crippen molar-refractivity contribution < 1.29 is 19.7 Å². The highest BCUT2D eigenvalue weighted by Crippen LogP contribution is 2.41. The highest BCUT2D eigenvalue weighted by Gasteiger charge is 2.50. The zero-order valence-electron chi connectivity index (χ0n) is 23.9. The molecule has 0 bridgehead atoms. The Morgan fingerprint density at radius 2 is 1.90 bits per heavy atom. The molecule has 0 amide bonds. The summed E-state index contributed by atoms with van der Waals surface area (Å²) in [4.78, 5) is 30.1. The number of cyclic esters (lactones) is 1. The molecular weight excluding hydrogens is 534 g/mol. The molecule has 1 aliphatic carbocycles. The summed E-state index contributed by atoms with van der Waals surface area (Å²) >= 11 is 0. The monoisotopic (exact) mass is 571 g/mol. The molecule has 2 aliphatic heterocycles. The smallest absolute Gasteiger partial charge is 0.343 e. The number of aliphatic hydroxyl groups excluding tert-OH is 1. The molecule has 0 spiro atoms. The maximum absolute atomic E-state index is 13.2. The molecule has 0 saturated heterocycles. The summed E-state index contributed by atoms with van der Waals surface area (Å²) in [5.41, 5.74) is 2.96. The van der Waals surface area contributed by atoms with Gasteiger partial charge in [0.15, 0.2) is 5.60 Å². The maximum Gasteiger partial charge on any atom is 0.343 e. The Morgan fingerprint density at radius 3 is 2.68 bits per heavy atom. The van der Waals surface area contributed by atoms with E-state index in [4.69, 9.17) is 9.72 Å². The number of aromatic nitrogens is 3. The number of hydrogen-bond donors (Lipinski definition) is 2. The topological polar surface area (TPSA) is 107 Å². The number of rotatable bonds is 8. The van der Waals surface area contributed by atoms with Crippen molar-refractivity contribution in [1.82, 2.24) is 14.1 Å². The molecule has 6 rings (SSSR count). The molecule has 0 fully saturated rings. The van der Waals surface area contributed by atoms with Crippen LogP contribution >= 0.6 is 0 Å². The van der Waals surface area contributed by atoms with Crippen molar-refractivity contribution >= 4 is 25.9 Å². The fourth-order valence-electron chi connectivity index (χ4n) is 6.55. The zero-order chi connectivity index (χ0) is 28.9. The molecule has 0 radical (unpaired) electrons. The SMILES string of the molecule is CCC1(O)C(=O)OC(CC[Si](C)(C)CCCn2ccccc2=O)C2=C1Cc1nc3n(c1=C2O)Cc1ccccc1C=3. The fourth-order valence-corrected chi connectivity index (χ4v) is 8.96. The molecule has 2 N–H and O–H groups in total. The lowest BCUT2D eigenvalue weighted by molar-refractivity contribution is -0.169. The Kier molecular flexibility index (Phi) is 6.90. The van der Waals surface area contributed by atoms with Gasteiger partial charge in [0.1, 0.15) is 22.7 Å². The van der Waals surface area contributed by atoms with Gasteiger partial charge in [-0.25, -0.2) is 9.78 Å². The van der Waals surface area contributed by atoms with E-state index in [-0.39, 0.29) is 17.7 Å². The minimum absolute atomic E-state index is 0.00907. The number of pyridine rings is 1. The number of ether oxygens (including phenoxy) is 1. The highest BCUT2D eigenvalue weighted by molar-refractivity contribution is 6.77. The lowest BCUT2D eigenvalue weighted by Crippen LogP contribution is -2.51. The average molecular weight is 572 g/mol. The third kappa shape index (κ3) is 4.80. The number of imidazole rings is 1. The first-order valence-corrected chi connectivity index (χ1v) is 17.9. The van der Waals surface area contributed by atoms with Gasteiger partial charge in [-0.05, 0) is 48.1 Å². The van der Waals surface area contributed by atoms with Crippen LogP contribution in [0, 0.1) is 0 Å². The average Bonchev–Trinajstić information content (AvgIpc) is 3.31. The number of aliphatic hydroxyl groups is 2. The van der Waals surface area contributed by atoms with Crippen molar-refractivity contribution in [2.45, 2.75) is 82.6 Å². The standard InChI is InChI=1S/C32H37N3O5Si/c1-4-32(39)23-19-24-29(35-20-22-11-6-5-10-21(22)18-26(35)33-24)30(37)28(23)25(40-31(32)38)13-17-41(2,3)16-9-15-34-14-8-7-12-27(34)36/h5-8,10-12,14,18,25,37,39H,4,9,13,15-17,19-20H2,1-3H3. The van der Waals surface area contributed by atoms with Crippen LogP contribution in [0.3, 0.4) is 0 Å². The summed E-state index contributed by atoms with van der Waals surface area (Å²) < 4.78 is 9.69. The van der Waals surface area contributed by atoms with Gasteiger partial charge in [-0.15, -0.1) is 0 Å². The number of benzene rings is 1. The number of aryl methyl sites for hydroxylation is 1. The van der Waals surface area contributed by atoms with E-state index in [9.17, 15) is 19.8 Å². The first-order chi connectivity index (χ1) is 19.6. The number of carbonyl (C=O) groups is 1. The molecule has 8 nitrogen and oxygen atoms in total. The van der Waals surface area contributed by atoms with E-state index in [2.05, 4.69) is 25.2 Å². The van der Waals surface area contributed by atoms with Crippen molar-refractivity contribution in [3.8, 4) is 0 Å². The zero-order valence-corrected chi connectivity index (χ0v) is 24.9. The summed E-state index contributed by atoms with van der Waals surface area (Å²) in [6.45, 7) is 7.65. The fraction of sp³-hybridized carbons (Fsp3) is 0.406. The molecule has 3 aliphatic rings. The lowest BCUT2D eigenvalue weighted by Gasteiger charge is -2.40. The maximum atomic E-state index is 13.2. The van der Waals surface area contributed by atoms with Gasteiger partial charge >= 0.3 is 5.97 Å². The number of esters is 1. The minimum Gasteiger partial charge on any atom is -0.505 e. The van der Waals surface area contributed by atoms with Gasteiger partial charge in [0.05, 0.1) is 12.2 Å². The normalized spacial score (nSPS) is 21.4. The van der Waals surface area contributed by atoms with Crippen LogP contribution in [0.1, 0.15) is 43.0 Å². The Balaban J connectivity index is 1.30. The first-order valence-electron chi connectivity index (χ1n) is 14.5. The van der Waals surface area contributed by atoms with Crippen molar-refractivity contribution in [3.63, 3.8) is 0 Å². The molecule has 0 saturated carbocycles. The predicted molar refractivity (Wildman–Crippen MR) is 160 cm³/mol. The minimum atomic E-state index is -1.79. The van der Waals surface area contributed by atoms with Gasteiger partial charge in [-0.2, -0.15) is 0 Å². The van der Waals surface area contributed by atoms with Crippen molar-refractivity contribution in [2.75, 3.05) is 0 Å². The van der Waals surface area contributed by atoms with E-state index in [0.717, 1.165) is 35.1 Å². The number of nitrogens with zero attached hydrogens (tertiary/aromatic N) is 3. The Hall–Kier alpha value is -3.69. The summed E-state index contributed by atoms with van der Waals surface area (Å²) in [5, 5.41) is 24.0. The van der Waals surface area contributed by atoms with Crippen LogP contribution in [-0.2, 0) is 29.0 Å². The van der Waals surface area contributed by atoms with Crippen LogP contribution in [0.2, 0.25) is 25.2 Å². The van der Waals surface area contributed by atoms with E-state index in [1.54, 1.807) is 23.6 Å². The number of hydrogen-bond acceptors (Lipinski definition) is 6. The largest absolute Gasteiger partial charge is 0.505 e. The molecule has 4 heterocycles. The van der Waals surface area contributed by atoms with E-state index < -0.39 is 25.7 Å². The van der Waals surface area contributed by atoms with Gasteiger partial charge in [-0.1, -0.05) is 62.4 Å². The Bertz CT molecular complexity index is 1750. The van der Waals surface area contributed by atoms with Crippen LogP contribution in [-0.4, -0.2) is 50.1 Å². The second kappa shape index (κ2) is 10.3. The second-order valence-electron chi connectivity index (χ2n) is 12.3. The van der Waals surface area contributed by atoms with Crippen LogP contribution in [0.5, 0.6) is 0 Å². The molecule has 214 valence electrons. The van der Waals surface area contributed by atoms with E-state index in [1.807, 2.05) is 35.0 Å². The number of fused-ring (bicyclic) bond motifs is 4. The Labute approximate surface area is 240 Å². The van der Waals surface area contributed by atoms with Crippen LogP contribution in [0.4, 0.5) is 0 Å². The van der Waals surface area contributed by atoms with Crippen LogP contribution < -0.4 is 16.4 Å². The first kappa shape index (κ1) is 27.5. The summed E-state index contributed by atoms with van der Waals surface area (Å²) in [5.74, 6) is -0.592. The quantitative estimate of drug-likeness (QED) is 0.249.